The largest absolute Gasteiger partial charge is 0.497 e. The van der Waals surface area contributed by atoms with Gasteiger partial charge < -0.3 is 9.84 Å². The molecular formula is C17H26O2. The van der Waals surface area contributed by atoms with Crippen molar-refractivity contribution in [3.8, 4) is 5.75 Å². The monoisotopic (exact) mass is 262 g/mol. The van der Waals surface area contributed by atoms with Crippen LogP contribution in [0, 0.1) is 17.8 Å². The first kappa shape index (κ1) is 14.4. The third-order valence-electron chi connectivity index (χ3n) is 5.07. The lowest BCUT2D eigenvalue weighted by molar-refractivity contribution is -0.0371. The minimum absolute atomic E-state index is 0.354. The molecule has 1 N–H and O–H groups in total. The van der Waals surface area contributed by atoms with E-state index in [0.29, 0.717) is 11.8 Å². The van der Waals surface area contributed by atoms with Gasteiger partial charge in [-0.3, -0.25) is 0 Å². The molecule has 1 aromatic carbocycles. The van der Waals surface area contributed by atoms with Crippen molar-refractivity contribution in [3.05, 3.63) is 29.8 Å². The van der Waals surface area contributed by atoms with Crippen molar-refractivity contribution in [2.45, 2.75) is 45.6 Å². The summed E-state index contributed by atoms with van der Waals surface area (Å²) < 4.78 is 5.18. The van der Waals surface area contributed by atoms with Gasteiger partial charge in [-0.2, -0.15) is 0 Å². The van der Waals surface area contributed by atoms with Gasteiger partial charge in [0.1, 0.15) is 5.75 Å². The lowest BCUT2D eigenvalue weighted by Crippen LogP contribution is -2.36. The highest BCUT2D eigenvalue weighted by atomic mass is 16.5. The van der Waals surface area contributed by atoms with Gasteiger partial charge in [-0.15, -0.1) is 0 Å². The molecule has 0 bridgehead atoms. The number of hydrogen-bond acceptors (Lipinski definition) is 2. The molecule has 4 unspecified atom stereocenters. The zero-order chi connectivity index (χ0) is 14.0. The van der Waals surface area contributed by atoms with Crippen molar-refractivity contribution in [1.82, 2.24) is 0 Å². The van der Waals surface area contributed by atoms with E-state index in [1.165, 1.54) is 6.42 Å². The Hall–Kier alpha value is -1.02. The molecular weight excluding hydrogens is 236 g/mol. The van der Waals surface area contributed by atoms with Gasteiger partial charge >= 0.3 is 0 Å². The fraction of sp³-hybridized carbons (Fsp3) is 0.647. The fourth-order valence-electron chi connectivity index (χ4n) is 3.22. The molecule has 0 amide bonds. The molecule has 19 heavy (non-hydrogen) atoms. The number of benzene rings is 1. The van der Waals surface area contributed by atoms with Crippen LogP contribution in [0.1, 0.15) is 45.6 Å². The minimum Gasteiger partial charge on any atom is -0.497 e. The molecule has 1 aromatic rings. The van der Waals surface area contributed by atoms with Gasteiger partial charge in [-0.05, 0) is 55.2 Å². The zero-order valence-corrected chi connectivity index (χ0v) is 12.5. The Bertz CT molecular complexity index is 408. The molecule has 0 spiro atoms. The van der Waals surface area contributed by atoms with Crippen LogP contribution >= 0.6 is 0 Å². The summed E-state index contributed by atoms with van der Waals surface area (Å²) in [7, 11) is 1.66. The molecule has 2 nitrogen and oxygen atoms in total. The van der Waals surface area contributed by atoms with Gasteiger partial charge in [0, 0.05) is 0 Å². The summed E-state index contributed by atoms with van der Waals surface area (Å²) >= 11 is 0. The van der Waals surface area contributed by atoms with Crippen LogP contribution < -0.4 is 4.74 Å². The van der Waals surface area contributed by atoms with Crippen molar-refractivity contribution in [2.75, 3.05) is 7.11 Å². The Morgan fingerprint density at radius 3 is 2.26 bits per heavy atom. The Morgan fingerprint density at radius 2 is 1.74 bits per heavy atom. The fourth-order valence-corrected chi connectivity index (χ4v) is 3.22. The van der Waals surface area contributed by atoms with Gasteiger partial charge in [-0.25, -0.2) is 0 Å². The molecule has 0 saturated heterocycles. The average molecular weight is 262 g/mol. The minimum atomic E-state index is -0.735. The number of methoxy groups -OCH3 is 1. The molecule has 0 aromatic heterocycles. The van der Waals surface area contributed by atoms with E-state index in [9.17, 15) is 5.11 Å². The molecule has 1 aliphatic rings. The Morgan fingerprint density at radius 1 is 1.11 bits per heavy atom. The number of hydrogen-bond donors (Lipinski definition) is 1. The maximum Gasteiger partial charge on any atom is 0.118 e. The van der Waals surface area contributed by atoms with Crippen LogP contribution in [-0.2, 0) is 5.60 Å². The summed E-state index contributed by atoms with van der Waals surface area (Å²) in [6, 6.07) is 7.83. The van der Waals surface area contributed by atoms with Gasteiger partial charge in [0.2, 0.25) is 0 Å². The third kappa shape index (κ3) is 2.94. The number of ether oxygens (including phenoxy) is 1. The predicted octanol–water partition coefficient (Wildman–Crippen LogP) is 3.98. The standard InChI is InChI=1S/C17H26O2/c1-12-5-6-15(11-13(12)2)17(3,18)14-7-9-16(19-4)10-8-14/h7-10,12-13,15,18H,5-6,11H2,1-4H3. The van der Waals surface area contributed by atoms with Crippen LogP contribution in [0.3, 0.4) is 0 Å². The van der Waals surface area contributed by atoms with Crippen molar-refractivity contribution in [3.63, 3.8) is 0 Å². The molecule has 0 radical (unpaired) electrons. The first-order valence-electron chi connectivity index (χ1n) is 7.32. The second kappa shape index (κ2) is 5.54. The molecule has 106 valence electrons. The quantitative estimate of drug-likeness (QED) is 0.893. The SMILES string of the molecule is COc1ccc(C(C)(O)C2CCC(C)C(C)C2)cc1. The summed E-state index contributed by atoms with van der Waals surface area (Å²) in [5.41, 5.74) is 0.265. The smallest absolute Gasteiger partial charge is 0.118 e. The second-order valence-corrected chi connectivity index (χ2v) is 6.34. The van der Waals surface area contributed by atoms with Crippen molar-refractivity contribution in [1.29, 1.82) is 0 Å². The summed E-state index contributed by atoms with van der Waals surface area (Å²) in [5.74, 6) is 2.67. The first-order chi connectivity index (χ1) is 8.95. The lowest BCUT2D eigenvalue weighted by Gasteiger charge is -2.40. The number of rotatable bonds is 3. The molecule has 1 fully saturated rings. The summed E-state index contributed by atoms with van der Waals surface area (Å²) in [6.07, 6.45) is 3.45. The highest BCUT2D eigenvalue weighted by molar-refractivity contribution is 5.31. The topological polar surface area (TPSA) is 29.5 Å². The lowest BCUT2D eigenvalue weighted by atomic mass is 9.68. The summed E-state index contributed by atoms with van der Waals surface area (Å²) in [5, 5.41) is 10.9. The Kier molecular flexibility index (Phi) is 4.19. The van der Waals surface area contributed by atoms with Crippen LogP contribution in [-0.4, -0.2) is 12.2 Å². The average Bonchev–Trinajstić information content (AvgIpc) is 2.41. The van der Waals surface area contributed by atoms with Crippen molar-refractivity contribution >= 4 is 0 Å². The van der Waals surface area contributed by atoms with Crippen LogP contribution in [0.25, 0.3) is 0 Å². The van der Waals surface area contributed by atoms with E-state index in [0.717, 1.165) is 30.1 Å². The highest BCUT2D eigenvalue weighted by Crippen LogP contribution is 2.43. The molecule has 0 aliphatic heterocycles. The van der Waals surface area contributed by atoms with Gasteiger partial charge in [0.15, 0.2) is 0 Å². The van der Waals surface area contributed by atoms with E-state index < -0.39 is 5.60 Å². The molecule has 4 atom stereocenters. The molecule has 2 rings (SSSR count). The maximum atomic E-state index is 10.9. The maximum absolute atomic E-state index is 10.9. The van der Waals surface area contributed by atoms with Crippen LogP contribution in [0.5, 0.6) is 5.75 Å². The van der Waals surface area contributed by atoms with E-state index in [2.05, 4.69) is 13.8 Å². The van der Waals surface area contributed by atoms with E-state index in [1.54, 1.807) is 7.11 Å². The van der Waals surface area contributed by atoms with Crippen LogP contribution in [0.15, 0.2) is 24.3 Å². The Labute approximate surface area is 116 Å². The van der Waals surface area contributed by atoms with Gasteiger partial charge in [-0.1, -0.05) is 32.4 Å². The van der Waals surface area contributed by atoms with Crippen molar-refractivity contribution in [2.24, 2.45) is 17.8 Å². The summed E-state index contributed by atoms with van der Waals surface area (Å²) in [6.45, 7) is 6.59. The third-order valence-corrected chi connectivity index (χ3v) is 5.07. The molecule has 2 heteroatoms. The predicted molar refractivity (Wildman–Crippen MR) is 78.2 cm³/mol. The summed E-state index contributed by atoms with van der Waals surface area (Å²) in [4.78, 5) is 0. The first-order valence-corrected chi connectivity index (χ1v) is 7.32. The molecule has 1 saturated carbocycles. The van der Waals surface area contributed by atoms with Gasteiger partial charge in [0.25, 0.3) is 0 Å². The highest BCUT2D eigenvalue weighted by Gasteiger charge is 2.37. The second-order valence-electron chi connectivity index (χ2n) is 6.34. The Balaban J connectivity index is 2.16. The van der Waals surface area contributed by atoms with Gasteiger partial charge in [0.05, 0.1) is 12.7 Å². The van der Waals surface area contributed by atoms with Crippen molar-refractivity contribution < 1.29 is 9.84 Å². The normalized spacial score (nSPS) is 30.7. The van der Waals surface area contributed by atoms with Crippen LogP contribution in [0.4, 0.5) is 0 Å². The van der Waals surface area contributed by atoms with Crippen LogP contribution in [0.2, 0.25) is 0 Å². The molecule has 0 heterocycles. The molecule has 1 aliphatic carbocycles. The van der Waals surface area contributed by atoms with E-state index in [1.807, 2.05) is 31.2 Å². The van der Waals surface area contributed by atoms with E-state index >= 15 is 0 Å². The number of aliphatic hydroxyl groups is 1. The zero-order valence-electron chi connectivity index (χ0n) is 12.5. The van der Waals surface area contributed by atoms with E-state index in [4.69, 9.17) is 4.74 Å². The van der Waals surface area contributed by atoms with E-state index in [-0.39, 0.29) is 0 Å².